The lowest BCUT2D eigenvalue weighted by Crippen LogP contribution is -2.37. The van der Waals surface area contributed by atoms with Crippen molar-refractivity contribution >= 4 is 20.9 Å². The van der Waals surface area contributed by atoms with Gasteiger partial charge in [0, 0.05) is 33.5 Å². The fraction of sp³-hybridized carbons (Fsp3) is 0.267. The van der Waals surface area contributed by atoms with Gasteiger partial charge in [-0.1, -0.05) is 0 Å². The Kier molecular flexibility index (Phi) is 4.09. The zero-order chi connectivity index (χ0) is 18.4. The first-order valence-electron chi connectivity index (χ1n) is 7.38. The summed E-state index contributed by atoms with van der Waals surface area (Å²) in [5.74, 6) is 0.558. The molecule has 0 saturated heterocycles. The molecule has 0 radical (unpaired) electrons. The Morgan fingerprint density at radius 2 is 1.84 bits per heavy atom. The molecule has 0 aliphatic heterocycles. The molecule has 0 atom stereocenters. The molecule has 0 saturated carbocycles. The lowest BCUT2D eigenvalue weighted by Gasteiger charge is -2.10. The Hall–Kier alpha value is -2.72. The van der Waals surface area contributed by atoms with Crippen LogP contribution < -0.4 is 16.0 Å². The molecule has 0 fully saturated rings. The minimum atomic E-state index is -3.84. The van der Waals surface area contributed by atoms with Gasteiger partial charge in [-0.3, -0.25) is 13.9 Å². The van der Waals surface area contributed by atoms with Crippen LogP contribution in [0.5, 0.6) is 0 Å². The summed E-state index contributed by atoms with van der Waals surface area (Å²) in [4.78, 5) is 28.2. The van der Waals surface area contributed by atoms with Crippen molar-refractivity contribution in [1.82, 2.24) is 23.4 Å². The van der Waals surface area contributed by atoms with Crippen LogP contribution in [0.2, 0.25) is 0 Å². The van der Waals surface area contributed by atoms with Gasteiger partial charge in [0.1, 0.15) is 5.82 Å². The topological polar surface area (TPSA) is 108 Å². The van der Waals surface area contributed by atoms with Crippen LogP contribution >= 0.6 is 0 Å². The van der Waals surface area contributed by atoms with Gasteiger partial charge in [-0.05, 0) is 18.2 Å². The van der Waals surface area contributed by atoms with Gasteiger partial charge in [-0.25, -0.2) is 22.9 Å². The first kappa shape index (κ1) is 17.1. The summed E-state index contributed by atoms with van der Waals surface area (Å²) in [7, 11) is 0.802. The number of hydrogen-bond acceptors (Lipinski definition) is 5. The predicted octanol–water partition coefficient (Wildman–Crippen LogP) is -0.551. The fourth-order valence-electron chi connectivity index (χ4n) is 2.55. The van der Waals surface area contributed by atoms with E-state index in [0.717, 1.165) is 4.57 Å². The van der Waals surface area contributed by atoms with Crippen LogP contribution in [-0.2, 0) is 37.7 Å². The number of nitrogens with zero attached hydrogens (tertiary/aromatic N) is 4. The summed E-state index contributed by atoms with van der Waals surface area (Å²) < 4.78 is 31.4. The average Bonchev–Trinajstić information content (AvgIpc) is 3.01. The van der Waals surface area contributed by atoms with E-state index in [1.807, 2.05) is 0 Å². The number of hydrogen-bond donors (Lipinski definition) is 1. The Labute approximate surface area is 143 Å². The normalized spacial score (nSPS) is 12.0. The number of nitrogens with one attached hydrogen (secondary N) is 1. The third-order valence-electron chi connectivity index (χ3n) is 4.09. The second-order valence-corrected chi connectivity index (χ2v) is 7.43. The standard InChI is InChI=1S/C15H17N5O4S/c1-18-7-6-16-13(18)9-17-25(23,24)10-4-5-12-11(8-10)14(21)20(3)15(22)19(12)2/h4-8,17H,9H2,1-3H3. The maximum atomic E-state index is 12.5. The van der Waals surface area contributed by atoms with E-state index in [1.54, 1.807) is 24.0 Å². The molecule has 3 rings (SSSR count). The highest BCUT2D eigenvalue weighted by Crippen LogP contribution is 2.15. The van der Waals surface area contributed by atoms with Gasteiger partial charge in [0.2, 0.25) is 10.0 Å². The molecule has 0 amide bonds. The summed E-state index contributed by atoms with van der Waals surface area (Å²) in [6, 6.07) is 4.09. The molecule has 25 heavy (non-hydrogen) atoms. The number of aromatic nitrogens is 4. The first-order valence-corrected chi connectivity index (χ1v) is 8.86. The molecule has 10 heteroatoms. The molecule has 2 heterocycles. The van der Waals surface area contributed by atoms with Gasteiger partial charge in [0.25, 0.3) is 5.56 Å². The summed E-state index contributed by atoms with van der Waals surface area (Å²) in [6.45, 7) is 0.0230. The first-order chi connectivity index (χ1) is 11.7. The van der Waals surface area contributed by atoms with E-state index in [0.29, 0.717) is 11.3 Å². The van der Waals surface area contributed by atoms with Crippen molar-refractivity contribution in [2.75, 3.05) is 0 Å². The van der Waals surface area contributed by atoms with Gasteiger partial charge >= 0.3 is 5.69 Å². The van der Waals surface area contributed by atoms with Crippen LogP contribution in [0.3, 0.4) is 0 Å². The van der Waals surface area contributed by atoms with Crippen molar-refractivity contribution in [3.63, 3.8) is 0 Å². The number of sulfonamides is 1. The van der Waals surface area contributed by atoms with Gasteiger partial charge in [-0.15, -0.1) is 0 Å². The maximum absolute atomic E-state index is 12.5. The zero-order valence-electron chi connectivity index (χ0n) is 13.9. The predicted molar refractivity (Wildman–Crippen MR) is 91.7 cm³/mol. The van der Waals surface area contributed by atoms with E-state index in [2.05, 4.69) is 9.71 Å². The summed E-state index contributed by atoms with van der Waals surface area (Å²) in [6.07, 6.45) is 3.29. The molecule has 0 unspecified atom stereocenters. The highest BCUT2D eigenvalue weighted by atomic mass is 32.2. The largest absolute Gasteiger partial charge is 0.337 e. The molecular formula is C15H17N5O4S. The Morgan fingerprint density at radius 1 is 1.12 bits per heavy atom. The highest BCUT2D eigenvalue weighted by molar-refractivity contribution is 7.89. The molecular weight excluding hydrogens is 346 g/mol. The molecule has 2 aromatic heterocycles. The van der Waals surface area contributed by atoms with Crippen molar-refractivity contribution in [3.05, 3.63) is 57.3 Å². The maximum Gasteiger partial charge on any atom is 0.330 e. The van der Waals surface area contributed by atoms with Gasteiger partial charge < -0.3 is 4.57 Å². The molecule has 0 aliphatic carbocycles. The van der Waals surface area contributed by atoms with E-state index in [-0.39, 0.29) is 16.8 Å². The molecule has 9 nitrogen and oxygen atoms in total. The second kappa shape index (κ2) is 5.97. The fourth-order valence-corrected chi connectivity index (χ4v) is 3.56. The number of fused-ring (bicyclic) bond motifs is 1. The lowest BCUT2D eigenvalue weighted by atomic mass is 10.2. The van der Waals surface area contributed by atoms with Crippen LogP contribution in [0.4, 0.5) is 0 Å². The SMILES string of the molecule is Cn1ccnc1CNS(=O)(=O)c1ccc2c(c1)c(=O)n(C)c(=O)n2C. The molecule has 3 aromatic rings. The van der Waals surface area contributed by atoms with Crippen molar-refractivity contribution in [2.24, 2.45) is 21.1 Å². The molecule has 1 aromatic carbocycles. The average molecular weight is 363 g/mol. The number of rotatable bonds is 4. The van der Waals surface area contributed by atoms with E-state index in [1.165, 1.54) is 36.9 Å². The van der Waals surface area contributed by atoms with Crippen molar-refractivity contribution in [2.45, 2.75) is 11.4 Å². The Bertz CT molecular complexity index is 1190. The van der Waals surface area contributed by atoms with E-state index >= 15 is 0 Å². The van der Waals surface area contributed by atoms with Crippen molar-refractivity contribution < 1.29 is 8.42 Å². The molecule has 132 valence electrons. The van der Waals surface area contributed by atoms with Crippen LogP contribution in [-0.4, -0.2) is 27.1 Å². The minimum absolute atomic E-state index is 0.0230. The van der Waals surface area contributed by atoms with Crippen LogP contribution in [0.1, 0.15) is 5.82 Å². The van der Waals surface area contributed by atoms with Gasteiger partial charge in [0.15, 0.2) is 0 Å². The molecule has 1 N–H and O–H groups in total. The Balaban J connectivity index is 2.05. The number of imidazole rings is 1. The third-order valence-corrected chi connectivity index (χ3v) is 5.49. The minimum Gasteiger partial charge on any atom is -0.337 e. The van der Waals surface area contributed by atoms with Crippen LogP contribution in [0.25, 0.3) is 10.9 Å². The monoisotopic (exact) mass is 363 g/mol. The summed E-state index contributed by atoms with van der Waals surface area (Å²) in [5.41, 5.74) is -0.642. The number of aryl methyl sites for hydroxylation is 2. The van der Waals surface area contributed by atoms with E-state index in [4.69, 9.17) is 0 Å². The summed E-state index contributed by atoms with van der Waals surface area (Å²) in [5, 5.41) is 0.157. The Morgan fingerprint density at radius 3 is 2.48 bits per heavy atom. The highest BCUT2D eigenvalue weighted by Gasteiger charge is 2.17. The summed E-state index contributed by atoms with van der Waals surface area (Å²) >= 11 is 0. The van der Waals surface area contributed by atoms with Gasteiger partial charge in [0.05, 0.1) is 22.3 Å². The number of benzene rings is 1. The van der Waals surface area contributed by atoms with Crippen molar-refractivity contribution in [1.29, 1.82) is 0 Å². The second-order valence-electron chi connectivity index (χ2n) is 5.66. The molecule has 0 spiro atoms. The molecule has 0 aliphatic rings. The van der Waals surface area contributed by atoms with E-state index < -0.39 is 21.3 Å². The van der Waals surface area contributed by atoms with Gasteiger partial charge in [-0.2, -0.15) is 0 Å². The smallest absolute Gasteiger partial charge is 0.330 e. The quantitative estimate of drug-likeness (QED) is 0.669. The van der Waals surface area contributed by atoms with Crippen molar-refractivity contribution in [3.8, 4) is 0 Å². The molecule has 0 bridgehead atoms. The lowest BCUT2D eigenvalue weighted by molar-refractivity contribution is 0.577. The zero-order valence-corrected chi connectivity index (χ0v) is 14.7. The van der Waals surface area contributed by atoms with Crippen LogP contribution in [0.15, 0.2) is 45.1 Å². The van der Waals surface area contributed by atoms with E-state index in [9.17, 15) is 18.0 Å². The van der Waals surface area contributed by atoms with Crippen LogP contribution in [0, 0.1) is 0 Å². The third kappa shape index (κ3) is 2.89.